The first-order chi connectivity index (χ1) is 15.9. The van der Waals surface area contributed by atoms with Crippen molar-refractivity contribution in [3.63, 3.8) is 0 Å². The van der Waals surface area contributed by atoms with Crippen molar-refractivity contribution in [1.82, 2.24) is 5.32 Å². The number of hydrogen-bond acceptors (Lipinski definition) is 3. The van der Waals surface area contributed by atoms with E-state index < -0.39 is 11.7 Å². The van der Waals surface area contributed by atoms with Gasteiger partial charge in [-0.2, -0.15) is 13.2 Å². The van der Waals surface area contributed by atoms with E-state index in [-0.39, 0.29) is 12.0 Å². The Kier molecular flexibility index (Phi) is 7.25. The number of halogens is 3. The highest BCUT2D eigenvalue weighted by Crippen LogP contribution is 2.37. The second-order valence-corrected chi connectivity index (χ2v) is 8.79. The van der Waals surface area contributed by atoms with Crippen molar-refractivity contribution >= 4 is 5.57 Å². The largest absolute Gasteiger partial charge is 0.500 e. The molecule has 2 aliphatic rings. The van der Waals surface area contributed by atoms with Gasteiger partial charge in [0.05, 0.1) is 25.9 Å². The van der Waals surface area contributed by atoms with E-state index in [1.54, 1.807) is 13.2 Å². The smallest absolute Gasteiger partial charge is 0.416 e. The molecule has 2 aromatic rings. The number of methoxy groups -OCH3 is 1. The standard InChI is InChI=1S/C27H30F3NO2/c1-32-25-10-6-5-9-24(25)21-15-20(16-23(17-21)27(28,29)30)18-33-19-26(11-13-31-14-12-26)22-7-3-2-4-8-22/h2-5,7-9,15-17,31H,6,10-14,18-19H2,1H3. The van der Waals surface area contributed by atoms with Crippen LogP contribution in [-0.2, 0) is 27.7 Å². The predicted molar refractivity (Wildman–Crippen MR) is 124 cm³/mol. The third-order valence-corrected chi connectivity index (χ3v) is 6.59. The molecule has 4 rings (SSSR count). The lowest BCUT2D eigenvalue weighted by Crippen LogP contribution is -2.43. The Labute approximate surface area is 193 Å². The van der Waals surface area contributed by atoms with Gasteiger partial charge in [0, 0.05) is 17.4 Å². The van der Waals surface area contributed by atoms with Crippen LogP contribution in [0.5, 0.6) is 0 Å². The van der Waals surface area contributed by atoms with Crippen molar-refractivity contribution in [3.8, 4) is 0 Å². The number of rotatable bonds is 7. The fraction of sp³-hybridized carbons (Fsp3) is 0.407. The molecule has 1 aliphatic carbocycles. The lowest BCUT2D eigenvalue weighted by atomic mass is 9.74. The minimum atomic E-state index is -4.43. The van der Waals surface area contributed by atoms with Crippen LogP contribution in [0.4, 0.5) is 13.2 Å². The SMILES string of the molecule is COC1=C(c2cc(COCC3(c4ccccc4)CCNCC3)cc(C(F)(F)F)c2)C=CCC1. The Bertz CT molecular complexity index is 1010. The van der Waals surface area contributed by atoms with Crippen LogP contribution in [0, 0.1) is 0 Å². The number of nitrogens with one attached hydrogen (secondary N) is 1. The first-order valence-electron chi connectivity index (χ1n) is 11.4. The maximum Gasteiger partial charge on any atom is 0.416 e. The van der Waals surface area contributed by atoms with Gasteiger partial charge in [0.15, 0.2) is 0 Å². The summed E-state index contributed by atoms with van der Waals surface area (Å²) in [4.78, 5) is 0. The van der Waals surface area contributed by atoms with Crippen molar-refractivity contribution in [3.05, 3.63) is 88.7 Å². The number of alkyl halides is 3. The maximum atomic E-state index is 13.7. The Morgan fingerprint density at radius 3 is 2.48 bits per heavy atom. The van der Waals surface area contributed by atoms with Crippen LogP contribution in [0.3, 0.4) is 0 Å². The van der Waals surface area contributed by atoms with E-state index in [0.717, 1.165) is 32.4 Å². The zero-order valence-electron chi connectivity index (χ0n) is 18.9. The van der Waals surface area contributed by atoms with E-state index in [0.29, 0.717) is 35.5 Å². The molecule has 6 heteroatoms. The molecule has 0 aromatic heterocycles. The van der Waals surface area contributed by atoms with Crippen molar-refractivity contribution in [2.75, 3.05) is 26.8 Å². The highest BCUT2D eigenvalue weighted by Gasteiger charge is 2.35. The van der Waals surface area contributed by atoms with Gasteiger partial charge in [0.1, 0.15) is 5.76 Å². The minimum Gasteiger partial charge on any atom is -0.500 e. The van der Waals surface area contributed by atoms with Gasteiger partial charge in [-0.15, -0.1) is 0 Å². The van der Waals surface area contributed by atoms with E-state index in [4.69, 9.17) is 9.47 Å². The van der Waals surface area contributed by atoms with E-state index >= 15 is 0 Å². The second-order valence-electron chi connectivity index (χ2n) is 8.79. The van der Waals surface area contributed by atoms with Gasteiger partial charge in [-0.3, -0.25) is 0 Å². The average Bonchev–Trinajstić information content (AvgIpc) is 2.84. The monoisotopic (exact) mass is 457 g/mol. The second kappa shape index (κ2) is 10.1. The molecule has 0 unspecified atom stereocenters. The molecule has 0 saturated carbocycles. The molecule has 3 nitrogen and oxygen atoms in total. The Morgan fingerprint density at radius 1 is 1.03 bits per heavy atom. The molecule has 1 aliphatic heterocycles. The summed E-state index contributed by atoms with van der Waals surface area (Å²) in [7, 11) is 1.56. The van der Waals surface area contributed by atoms with Crippen LogP contribution < -0.4 is 5.32 Å². The van der Waals surface area contributed by atoms with Gasteiger partial charge in [0.25, 0.3) is 0 Å². The lowest BCUT2D eigenvalue weighted by molar-refractivity contribution is -0.137. The molecule has 2 aromatic carbocycles. The molecule has 0 bridgehead atoms. The van der Waals surface area contributed by atoms with E-state index in [1.165, 1.54) is 17.7 Å². The van der Waals surface area contributed by atoms with Crippen LogP contribution in [-0.4, -0.2) is 26.8 Å². The number of piperidine rings is 1. The maximum absolute atomic E-state index is 13.7. The first-order valence-corrected chi connectivity index (χ1v) is 11.4. The summed E-state index contributed by atoms with van der Waals surface area (Å²) >= 11 is 0. The Hall–Kier alpha value is -2.57. The number of allylic oxidation sites excluding steroid dienone is 4. The molecule has 0 radical (unpaired) electrons. The molecule has 176 valence electrons. The van der Waals surface area contributed by atoms with Crippen LogP contribution in [0.2, 0.25) is 0 Å². The van der Waals surface area contributed by atoms with Crippen molar-refractivity contribution in [1.29, 1.82) is 0 Å². The van der Waals surface area contributed by atoms with Crippen LogP contribution in [0.15, 0.2) is 66.4 Å². The third kappa shape index (κ3) is 5.50. The van der Waals surface area contributed by atoms with Gasteiger partial charge < -0.3 is 14.8 Å². The van der Waals surface area contributed by atoms with Crippen LogP contribution in [0.25, 0.3) is 5.57 Å². The van der Waals surface area contributed by atoms with Gasteiger partial charge >= 0.3 is 6.18 Å². The predicted octanol–water partition coefficient (Wildman–Crippen LogP) is 6.25. The molecule has 0 amide bonds. The van der Waals surface area contributed by atoms with Gasteiger partial charge in [-0.25, -0.2) is 0 Å². The van der Waals surface area contributed by atoms with E-state index in [9.17, 15) is 13.2 Å². The fourth-order valence-electron chi connectivity index (χ4n) is 4.78. The van der Waals surface area contributed by atoms with Crippen molar-refractivity contribution in [2.24, 2.45) is 0 Å². The molecule has 1 fully saturated rings. The molecule has 0 atom stereocenters. The number of benzene rings is 2. The minimum absolute atomic E-state index is 0.123. The quantitative estimate of drug-likeness (QED) is 0.533. The molecule has 33 heavy (non-hydrogen) atoms. The van der Waals surface area contributed by atoms with Gasteiger partial charge in [-0.05, 0) is 67.2 Å². The molecule has 1 heterocycles. The van der Waals surface area contributed by atoms with Crippen molar-refractivity contribution < 1.29 is 22.6 Å². The van der Waals surface area contributed by atoms with Crippen LogP contribution in [0.1, 0.15) is 47.9 Å². The topological polar surface area (TPSA) is 30.5 Å². The zero-order chi connectivity index (χ0) is 23.3. The van der Waals surface area contributed by atoms with E-state index in [2.05, 4.69) is 17.4 Å². The molecular weight excluding hydrogens is 427 g/mol. The molecule has 1 N–H and O–H groups in total. The third-order valence-electron chi connectivity index (χ3n) is 6.59. The van der Waals surface area contributed by atoms with Gasteiger partial charge in [-0.1, -0.05) is 42.5 Å². The zero-order valence-corrected chi connectivity index (χ0v) is 18.9. The number of hydrogen-bond donors (Lipinski definition) is 1. The highest BCUT2D eigenvalue weighted by molar-refractivity contribution is 5.77. The first kappa shape index (κ1) is 23.6. The molecule has 0 spiro atoms. The van der Waals surface area contributed by atoms with Crippen LogP contribution >= 0.6 is 0 Å². The molecule has 1 saturated heterocycles. The fourth-order valence-corrected chi connectivity index (χ4v) is 4.78. The van der Waals surface area contributed by atoms with Crippen molar-refractivity contribution in [2.45, 2.75) is 43.9 Å². The summed E-state index contributed by atoms with van der Waals surface area (Å²) in [6.45, 7) is 2.38. The Balaban J connectivity index is 1.58. The van der Waals surface area contributed by atoms with E-state index in [1.807, 2.05) is 30.4 Å². The molecular formula is C27H30F3NO2. The summed E-state index contributed by atoms with van der Waals surface area (Å²) in [5.41, 5.74) is 2.15. The summed E-state index contributed by atoms with van der Waals surface area (Å²) in [5.74, 6) is 0.710. The highest BCUT2D eigenvalue weighted by atomic mass is 19.4. The Morgan fingerprint density at radius 2 is 1.79 bits per heavy atom. The number of ether oxygens (including phenoxy) is 2. The average molecular weight is 458 g/mol. The summed E-state index contributed by atoms with van der Waals surface area (Å²) in [6.07, 6.45) is 2.74. The summed E-state index contributed by atoms with van der Waals surface area (Å²) in [5, 5.41) is 3.39. The normalized spacial score (nSPS) is 18.4. The summed E-state index contributed by atoms with van der Waals surface area (Å²) < 4.78 is 52.6. The lowest BCUT2D eigenvalue weighted by Gasteiger charge is -2.38. The van der Waals surface area contributed by atoms with Gasteiger partial charge in [0.2, 0.25) is 0 Å². The summed E-state index contributed by atoms with van der Waals surface area (Å²) in [6, 6.07) is 14.5.